The van der Waals surface area contributed by atoms with Crippen LogP contribution in [-0.4, -0.2) is 38.2 Å². The van der Waals surface area contributed by atoms with Gasteiger partial charge in [-0.25, -0.2) is 4.98 Å². The molecular weight excluding hydrogens is 366 g/mol. The molecule has 1 aliphatic rings. The van der Waals surface area contributed by atoms with Crippen LogP contribution in [0.3, 0.4) is 0 Å². The zero-order valence-corrected chi connectivity index (χ0v) is 16.3. The van der Waals surface area contributed by atoms with Crippen molar-refractivity contribution in [3.8, 4) is 5.69 Å². The molecule has 0 saturated carbocycles. The van der Waals surface area contributed by atoms with Gasteiger partial charge >= 0.3 is 0 Å². The Morgan fingerprint density at radius 3 is 2.96 bits per heavy atom. The first kappa shape index (κ1) is 18.2. The van der Waals surface area contributed by atoms with E-state index >= 15 is 0 Å². The molecule has 0 N–H and O–H groups in total. The number of hydrogen-bond acceptors (Lipinski definition) is 6. The number of hydrogen-bond donors (Lipinski definition) is 0. The lowest BCUT2D eigenvalue weighted by molar-refractivity contribution is -0.0694. The molecule has 4 rings (SSSR count). The highest BCUT2D eigenvalue weighted by Crippen LogP contribution is 2.48. The number of methoxy groups -OCH3 is 1. The molecule has 7 nitrogen and oxygen atoms in total. The van der Waals surface area contributed by atoms with E-state index in [0.29, 0.717) is 29.9 Å². The van der Waals surface area contributed by atoms with Gasteiger partial charge in [0.25, 0.3) is 0 Å². The number of rotatable bonds is 6. The summed E-state index contributed by atoms with van der Waals surface area (Å²) in [6.45, 7) is 6.33. The van der Waals surface area contributed by atoms with E-state index in [1.165, 1.54) is 0 Å². The lowest BCUT2D eigenvalue weighted by Gasteiger charge is -2.53. The third kappa shape index (κ3) is 3.50. The summed E-state index contributed by atoms with van der Waals surface area (Å²) < 4.78 is 12.5. The van der Waals surface area contributed by atoms with Gasteiger partial charge in [0, 0.05) is 42.2 Å². The third-order valence-electron chi connectivity index (χ3n) is 4.84. The molecule has 1 aromatic carbocycles. The van der Waals surface area contributed by atoms with Crippen LogP contribution >= 0.6 is 11.6 Å². The van der Waals surface area contributed by atoms with Gasteiger partial charge in [0.05, 0.1) is 12.6 Å². The van der Waals surface area contributed by atoms with Gasteiger partial charge in [-0.2, -0.15) is 4.98 Å². The topological polar surface area (TPSA) is 69.2 Å². The Labute approximate surface area is 162 Å². The molecule has 0 spiro atoms. The summed E-state index contributed by atoms with van der Waals surface area (Å²) in [5, 5.41) is 4.65. The van der Waals surface area contributed by atoms with Crippen LogP contribution in [-0.2, 0) is 17.9 Å². The van der Waals surface area contributed by atoms with Crippen LogP contribution in [0.5, 0.6) is 0 Å². The van der Waals surface area contributed by atoms with Crippen molar-refractivity contribution < 1.29 is 9.26 Å². The Morgan fingerprint density at radius 1 is 1.37 bits per heavy atom. The first-order chi connectivity index (χ1) is 13.0. The molecule has 0 bridgehead atoms. The minimum absolute atomic E-state index is 0.0804. The number of benzene rings is 1. The predicted molar refractivity (Wildman–Crippen MR) is 101 cm³/mol. The molecule has 3 aromatic rings. The van der Waals surface area contributed by atoms with Gasteiger partial charge in [-0.05, 0) is 18.2 Å². The molecule has 142 valence electrons. The Hall–Kier alpha value is -2.22. The number of imidazole rings is 1. The Kier molecular flexibility index (Phi) is 4.75. The van der Waals surface area contributed by atoms with Gasteiger partial charge in [-0.3, -0.25) is 4.90 Å². The molecule has 1 unspecified atom stereocenters. The fraction of sp³-hybridized carbons (Fsp3) is 0.421. The van der Waals surface area contributed by atoms with Crippen molar-refractivity contribution in [3.05, 3.63) is 59.2 Å². The van der Waals surface area contributed by atoms with Crippen molar-refractivity contribution in [3.63, 3.8) is 0 Å². The largest absolute Gasteiger partial charge is 0.377 e. The molecule has 0 amide bonds. The molecular formula is C19H22ClN5O2. The number of halogens is 1. The van der Waals surface area contributed by atoms with Gasteiger partial charge in [0.15, 0.2) is 5.82 Å². The minimum Gasteiger partial charge on any atom is -0.377 e. The summed E-state index contributed by atoms with van der Waals surface area (Å²) >= 11 is 6.18. The SMILES string of the molecule is COCc1noc(CN2CC(C)(C)C2c2nccn2-c2cccc(Cl)c2)n1. The van der Waals surface area contributed by atoms with Gasteiger partial charge < -0.3 is 13.8 Å². The van der Waals surface area contributed by atoms with E-state index in [1.807, 2.05) is 36.7 Å². The van der Waals surface area contributed by atoms with E-state index in [-0.39, 0.29) is 11.5 Å². The Morgan fingerprint density at radius 2 is 2.22 bits per heavy atom. The van der Waals surface area contributed by atoms with Crippen molar-refractivity contribution in [1.82, 2.24) is 24.6 Å². The second-order valence-corrected chi connectivity index (χ2v) is 7.91. The van der Waals surface area contributed by atoms with E-state index in [9.17, 15) is 0 Å². The van der Waals surface area contributed by atoms with E-state index in [2.05, 4.69) is 38.4 Å². The lowest BCUT2D eigenvalue weighted by atomic mass is 9.74. The second kappa shape index (κ2) is 7.07. The first-order valence-corrected chi connectivity index (χ1v) is 9.19. The molecule has 0 aliphatic carbocycles. The quantitative estimate of drug-likeness (QED) is 0.643. The number of nitrogens with zero attached hydrogens (tertiary/aromatic N) is 5. The van der Waals surface area contributed by atoms with Crippen molar-refractivity contribution in [1.29, 1.82) is 0 Å². The van der Waals surface area contributed by atoms with Crippen LogP contribution < -0.4 is 0 Å². The van der Waals surface area contributed by atoms with Gasteiger partial charge in [-0.1, -0.05) is 36.7 Å². The molecule has 1 fully saturated rings. The first-order valence-electron chi connectivity index (χ1n) is 8.81. The lowest BCUT2D eigenvalue weighted by Crippen LogP contribution is -2.55. The van der Waals surface area contributed by atoms with E-state index in [0.717, 1.165) is 18.1 Å². The summed E-state index contributed by atoms with van der Waals surface area (Å²) in [5.74, 6) is 2.12. The molecule has 1 atom stereocenters. The standard InChI is InChI=1S/C19H22ClN5O2/c1-19(2)12-24(10-16-22-15(11-26-3)23-27-16)17(19)18-21-7-8-25(18)14-6-4-5-13(20)9-14/h4-9,17H,10-12H2,1-3H3. The molecule has 0 radical (unpaired) electrons. The highest BCUT2D eigenvalue weighted by molar-refractivity contribution is 6.30. The zero-order valence-electron chi connectivity index (χ0n) is 15.6. The van der Waals surface area contributed by atoms with Crippen LogP contribution in [0, 0.1) is 5.41 Å². The average molecular weight is 388 g/mol. The van der Waals surface area contributed by atoms with Crippen LogP contribution in [0.1, 0.15) is 37.4 Å². The summed E-state index contributed by atoms with van der Waals surface area (Å²) in [6, 6.07) is 7.92. The van der Waals surface area contributed by atoms with E-state index in [1.54, 1.807) is 7.11 Å². The Balaban J connectivity index is 1.60. The van der Waals surface area contributed by atoms with Crippen LogP contribution in [0.2, 0.25) is 5.02 Å². The van der Waals surface area contributed by atoms with Crippen molar-refractivity contribution >= 4 is 11.6 Å². The molecule has 1 aliphatic heterocycles. The maximum Gasteiger partial charge on any atom is 0.240 e. The van der Waals surface area contributed by atoms with E-state index in [4.69, 9.17) is 20.9 Å². The molecule has 27 heavy (non-hydrogen) atoms. The summed E-state index contributed by atoms with van der Waals surface area (Å²) in [5.41, 5.74) is 1.08. The summed E-state index contributed by atoms with van der Waals surface area (Å²) in [4.78, 5) is 11.3. The number of aromatic nitrogens is 4. The van der Waals surface area contributed by atoms with E-state index < -0.39 is 0 Å². The summed E-state index contributed by atoms with van der Waals surface area (Å²) in [7, 11) is 1.61. The predicted octanol–water partition coefficient (Wildman–Crippen LogP) is 3.64. The van der Waals surface area contributed by atoms with Crippen molar-refractivity contribution in [2.75, 3.05) is 13.7 Å². The Bertz CT molecular complexity index is 936. The van der Waals surface area contributed by atoms with Crippen LogP contribution in [0.25, 0.3) is 5.69 Å². The van der Waals surface area contributed by atoms with Crippen molar-refractivity contribution in [2.24, 2.45) is 5.41 Å². The molecule has 3 heterocycles. The smallest absolute Gasteiger partial charge is 0.240 e. The number of ether oxygens (including phenoxy) is 1. The zero-order chi connectivity index (χ0) is 19.0. The van der Waals surface area contributed by atoms with Gasteiger partial charge in [0.2, 0.25) is 5.89 Å². The average Bonchev–Trinajstić information content (AvgIpc) is 3.24. The highest BCUT2D eigenvalue weighted by atomic mass is 35.5. The normalized spacial score (nSPS) is 19.2. The molecule has 2 aromatic heterocycles. The molecule has 1 saturated heterocycles. The van der Waals surface area contributed by atoms with Gasteiger partial charge in [-0.15, -0.1) is 0 Å². The monoisotopic (exact) mass is 387 g/mol. The highest BCUT2D eigenvalue weighted by Gasteiger charge is 2.49. The van der Waals surface area contributed by atoms with Gasteiger partial charge in [0.1, 0.15) is 12.4 Å². The maximum absolute atomic E-state index is 6.18. The van der Waals surface area contributed by atoms with Crippen LogP contribution in [0.4, 0.5) is 0 Å². The summed E-state index contributed by atoms with van der Waals surface area (Å²) in [6.07, 6.45) is 3.79. The third-order valence-corrected chi connectivity index (χ3v) is 5.07. The number of likely N-dealkylation sites (tertiary alicyclic amines) is 1. The fourth-order valence-corrected chi connectivity index (χ4v) is 4.00. The van der Waals surface area contributed by atoms with Crippen LogP contribution in [0.15, 0.2) is 41.2 Å². The fourth-order valence-electron chi connectivity index (χ4n) is 3.82. The minimum atomic E-state index is 0.0804. The van der Waals surface area contributed by atoms with Crippen molar-refractivity contribution in [2.45, 2.75) is 33.0 Å². The second-order valence-electron chi connectivity index (χ2n) is 7.47. The maximum atomic E-state index is 6.18. The molecule has 8 heteroatoms.